The van der Waals surface area contributed by atoms with E-state index >= 15 is 0 Å². The predicted molar refractivity (Wildman–Crippen MR) is 96.2 cm³/mol. The quantitative estimate of drug-likeness (QED) is 0.742. The molecule has 0 amide bonds. The summed E-state index contributed by atoms with van der Waals surface area (Å²) in [6, 6.07) is 7.05. The number of ether oxygens (including phenoxy) is 1. The molecule has 5 atom stereocenters. The molecule has 0 aliphatic carbocycles. The molecule has 5 heteroatoms. The molecule has 4 saturated heterocycles. The van der Waals surface area contributed by atoms with Crippen LogP contribution in [0.15, 0.2) is 23.8 Å². The predicted octanol–water partition coefficient (Wildman–Crippen LogP) is 4.42. The highest BCUT2D eigenvalue weighted by Gasteiger charge is 2.52. The zero-order valence-electron chi connectivity index (χ0n) is 13.7. The van der Waals surface area contributed by atoms with E-state index < -0.39 is 0 Å². The lowest BCUT2D eigenvalue weighted by Gasteiger charge is -2.51. The van der Waals surface area contributed by atoms with Crippen molar-refractivity contribution in [2.45, 2.75) is 38.3 Å². The zero-order chi connectivity index (χ0) is 16.8. The number of carbonyl (C=O) groups is 1. The first-order valence-electron chi connectivity index (χ1n) is 8.57. The van der Waals surface area contributed by atoms with Crippen LogP contribution in [0.1, 0.15) is 31.7 Å². The SMILES string of the molecule is CC(=O)OCC1C2CC3CCC1N3C/C2=C\c1ccc(Cl)c(Cl)c1. The largest absolute Gasteiger partial charge is 0.465 e. The van der Waals surface area contributed by atoms with Crippen LogP contribution in [0.25, 0.3) is 6.08 Å². The highest BCUT2D eigenvalue weighted by molar-refractivity contribution is 6.42. The molecule has 4 fully saturated rings. The van der Waals surface area contributed by atoms with Crippen LogP contribution in [0.4, 0.5) is 0 Å². The van der Waals surface area contributed by atoms with Gasteiger partial charge in [0.2, 0.25) is 0 Å². The molecular formula is C19H21Cl2NO2. The first-order chi connectivity index (χ1) is 11.5. The van der Waals surface area contributed by atoms with Crippen LogP contribution >= 0.6 is 23.2 Å². The summed E-state index contributed by atoms with van der Waals surface area (Å²) >= 11 is 12.2. The van der Waals surface area contributed by atoms with E-state index in [1.807, 2.05) is 18.2 Å². The lowest BCUT2D eigenvalue weighted by molar-refractivity contribution is -0.145. The third kappa shape index (κ3) is 2.87. The van der Waals surface area contributed by atoms with Crippen LogP contribution in [0.5, 0.6) is 0 Å². The van der Waals surface area contributed by atoms with E-state index in [0.717, 1.165) is 12.1 Å². The Morgan fingerprint density at radius 3 is 2.92 bits per heavy atom. The molecule has 0 radical (unpaired) electrons. The van der Waals surface area contributed by atoms with E-state index in [9.17, 15) is 4.79 Å². The molecule has 4 aliphatic rings. The van der Waals surface area contributed by atoms with E-state index in [0.29, 0.717) is 40.6 Å². The minimum atomic E-state index is -0.184. The van der Waals surface area contributed by atoms with E-state index in [-0.39, 0.29) is 5.97 Å². The molecule has 5 rings (SSSR count). The standard InChI is InChI=1S/C19H21Cl2NO2/c1-11(23)24-10-16-15-8-14-3-5-19(16)22(14)9-13(15)6-12-2-4-17(20)18(21)7-12/h2,4,6-7,14-16,19H,3,5,8-10H2,1H3/b13-6+. The summed E-state index contributed by atoms with van der Waals surface area (Å²) in [5.74, 6) is 0.729. The number of carbonyl (C=O) groups excluding carboxylic acids is 1. The maximum atomic E-state index is 11.3. The van der Waals surface area contributed by atoms with E-state index in [4.69, 9.17) is 27.9 Å². The normalized spacial score (nSPS) is 35.5. The Morgan fingerprint density at radius 2 is 2.17 bits per heavy atom. The summed E-state index contributed by atoms with van der Waals surface area (Å²) in [7, 11) is 0. The summed E-state index contributed by atoms with van der Waals surface area (Å²) in [6.07, 6.45) is 5.93. The molecule has 24 heavy (non-hydrogen) atoms. The Hall–Kier alpha value is -1.03. The van der Waals surface area contributed by atoms with E-state index in [2.05, 4.69) is 11.0 Å². The van der Waals surface area contributed by atoms with Gasteiger partial charge in [0.25, 0.3) is 0 Å². The Morgan fingerprint density at radius 1 is 1.33 bits per heavy atom. The van der Waals surface area contributed by atoms with E-state index in [1.165, 1.54) is 31.8 Å². The topological polar surface area (TPSA) is 29.5 Å². The molecule has 3 nitrogen and oxygen atoms in total. The number of rotatable bonds is 3. The number of fused-ring (bicyclic) bond motifs is 1. The maximum Gasteiger partial charge on any atom is 0.302 e. The van der Waals surface area contributed by atoms with Gasteiger partial charge in [0.05, 0.1) is 16.7 Å². The maximum absolute atomic E-state index is 11.3. The van der Waals surface area contributed by atoms with Crippen molar-refractivity contribution in [2.24, 2.45) is 11.8 Å². The van der Waals surface area contributed by atoms with Gasteiger partial charge in [-0.1, -0.05) is 40.9 Å². The molecule has 4 heterocycles. The van der Waals surface area contributed by atoms with Crippen molar-refractivity contribution >= 4 is 35.2 Å². The fourth-order valence-corrected chi connectivity index (χ4v) is 5.13. The lowest BCUT2D eigenvalue weighted by Crippen LogP contribution is -2.57. The van der Waals surface area contributed by atoms with Crippen molar-refractivity contribution in [1.82, 2.24) is 4.90 Å². The first kappa shape index (κ1) is 16.4. The Labute approximate surface area is 152 Å². The minimum absolute atomic E-state index is 0.184. The van der Waals surface area contributed by atoms with Crippen LogP contribution in [0.2, 0.25) is 10.0 Å². The Bertz CT molecular complexity index is 703. The van der Waals surface area contributed by atoms with Gasteiger partial charge in [0, 0.05) is 31.5 Å². The molecule has 0 spiro atoms. The molecule has 1 aromatic carbocycles. The second-order valence-electron chi connectivity index (χ2n) is 7.17. The second kappa shape index (κ2) is 6.36. The fraction of sp³-hybridized carbons (Fsp3) is 0.526. The first-order valence-corrected chi connectivity index (χ1v) is 9.33. The second-order valence-corrected chi connectivity index (χ2v) is 7.99. The van der Waals surface area contributed by atoms with Gasteiger partial charge in [0.15, 0.2) is 0 Å². The molecule has 0 N–H and O–H groups in total. The van der Waals surface area contributed by atoms with Gasteiger partial charge in [-0.05, 0) is 42.9 Å². The van der Waals surface area contributed by atoms with Crippen molar-refractivity contribution < 1.29 is 9.53 Å². The van der Waals surface area contributed by atoms with Gasteiger partial charge in [-0.3, -0.25) is 9.69 Å². The van der Waals surface area contributed by atoms with Crippen LogP contribution in [-0.4, -0.2) is 36.1 Å². The molecular weight excluding hydrogens is 345 g/mol. The van der Waals surface area contributed by atoms with Crippen molar-refractivity contribution in [1.29, 1.82) is 0 Å². The van der Waals surface area contributed by atoms with E-state index in [1.54, 1.807) is 0 Å². The van der Waals surface area contributed by atoms with Crippen molar-refractivity contribution in [3.63, 3.8) is 0 Å². The average Bonchev–Trinajstić information content (AvgIpc) is 2.86. The third-order valence-electron chi connectivity index (χ3n) is 5.84. The number of hydrogen-bond acceptors (Lipinski definition) is 3. The number of hydrogen-bond donors (Lipinski definition) is 0. The van der Waals surface area contributed by atoms with Gasteiger partial charge in [-0.25, -0.2) is 0 Å². The fourth-order valence-electron chi connectivity index (χ4n) is 4.83. The smallest absolute Gasteiger partial charge is 0.302 e. The van der Waals surface area contributed by atoms with Crippen molar-refractivity contribution in [3.05, 3.63) is 39.4 Å². The van der Waals surface area contributed by atoms with Crippen molar-refractivity contribution in [3.8, 4) is 0 Å². The highest BCUT2D eigenvalue weighted by Crippen LogP contribution is 2.50. The molecule has 4 bridgehead atoms. The van der Waals surface area contributed by atoms with Crippen LogP contribution in [0.3, 0.4) is 0 Å². The number of esters is 1. The third-order valence-corrected chi connectivity index (χ3v) is 6.58. The molecule has 0 saturated carbocycles. The number of piperidine rings is 3. The van der Waals surface area contributed by atoms with Crippen LogP contribution < -0.4 is 0 Å². The summed E-state index contributed by atoms with van der Waals surface area (Å²) in [5, 5.41) is 1.17. The molecule has 0 aromatic heterocycles. The molecule has 5 unspecified atom stereocenters. The molecule has 4 aliphatic heterocycles. The summed E-state index contributed by atoms with van der Waals surface area (Å²) in [4.78, 5) is 13.9. The molecule has 1 aromatic rings. The Balaban J connectivity index is 1.61. The summed E-state index contributed by atoms with van der Waals surface area (Å²) in [5.41, 5.74) is 2.52. The lowest BCUT2D eigenvalue weighted by atomic mass is 9.71. The summed E-state index contributed by atoms with van der Waals surface area (Å²) in [6.45, 7) is 3.05. The van der Waals surface area contributed by atoms with Gasteiger partial charge in [-0.2, -0.15) is 0 Å². The highest BCUT2D eigenvalue weighted by atomic mass is 35.5. The van der Waals surface area contributed by atoms with Gasteiger partial charge < -0.3 is 4.74 Å². The van der Waals surface area contributed by atoms with Gasteiger partial charge in [0.1, 0.15) is 0 Å². The minimum Gasteiger partial charge on any atom is -0.465 e. The molecule has 128 valence electrons. The number of benzene rings is 1. The Kier molecular flexibility index (Phi) is 4.36. The zero-order valence-corrected chi connectivity index (χ0v) is 15.2. The van der Waals surface area contributed by atoms with Crippen LogP contribution in [-0.2, 0) is 9.53 Å². The van der Waals surface area contributed by atoms with Gasteiger partial charge in [-0.15, -0.1) is 0 Å². The number of halogens is 2. The summed E-state index contributed by atoms with van der Waals surface area (Å²) < 4.78 is 5.39. The van der Waals surface area contributed by atoms with Crippen LogP contribution in [0, 0.1) is 11.8 Å². The number of nitrogens with zero attached hydrogens (tertiary/aromatic N) is 1. The monoisotopic (exact) mass is 365 g/mol. The van der Waals surface area contributed by atoms with Crippen molar-refractivity contribution in [2.75, 3.05) is 13.2 Å². The van der Waals surface area contributed by atoms with Gasteiger partial charge >= 0.3 is 5.97 Å². The average molecular weight is 366 g/mol.